The number of benzene rings is 1. The fraction of sp³-hybridized carbons (Fsp3) is 0.353. The van der Waals surface area contributed by atoms with Crippen LogP contribution in [0.1, 0.15) is 18.2 Å². The molecule has 1 heterocycles. The predicted molar refractivity (Wildman–Crippen MR) is 83.9 cm³/mol. The lowest BCUT2D eigenvalue weighted by atomic mass is 9.78. The zero-order chi connectivity index (χ0) is 15.3. The van der Waals surface area contributed by atoms with Crippen LogP contribution in [0.15, 0.2) is 42.6 Å². The Morgan fingerprint density at radius 2 is 1.86 bits per heavy atom. The summed E-state index contributed by atoms with van der Waals surface area (Å²) in [5.74, 6) is 1.44. The topological polar surface area (TPSA) is 57.4 Å². The normalized spacial score (nSPS) is 13.5. The van der Waals surface area contributed by atoms with Crippen LogP contribution < -0.4 is 15.2 Å². The molecule has 0 bridgehead atoms. The Hall–Kier alpha value is -2.07. The second-order valence-corrected chi connectivity index (χ2v) is 5.33. The molecule has 0 fully saturated rings. The van der Waals surface area contributed by atoms with Crippen LogP contribution in [-0.4, -0.2) is 25.7 Å². The molecule has 4 heteroatoms. The van der Waals surface area contributed by atoms with Gasteiger partial charge in [0.2, 0.25) is 0 Å². The Morgan fingerprint density at radius 3 is 2.43 bits per heavy atom. The van der Waals surface area contributed by atoms with Crippen LogP contribution in [0.2, 0.25) is 0 Å². The van der Waals surface area contributed by atoms with E-state index in [9.17, 15) is 0 Å². The molecule has 1 unspecified atom stereocenters. The van der Waals surface area contributed by atoms with Gasteiger partial charge in [0.15, 0.2) is 11.5 Å². The molecule has 2 rings (SSSR count). The number of methoxy groups -OCH3 is 2. The van der Waals surface area contributed by atoms with Gasteiger partial charge >= 0.3 is 0 Å². The maximum absolute atomic E-state index is 6.05. The van der Waals surface area contributed by atoms with Crippen molar-refractivity contribution in [1.29, 1.82) is 0 Å². The summed E-state index contributed by atoms with van der Waals surface area (Å²) in [5.41, 5.74) is 8.00. The number of ether oxygens (including phenoxy) is 2. The minimum atomic E-state index is -0.200. The summed E-state index contributed by atoms with van der Waals surface area (Å²) in [4.78, 5) is 4.40. The van der Waals surface area contributed by atoms with Gasteiger partial charge in [-0.15, -0.1) is 0 Å². The van der Waals surface area contributed by atoms with Crippen LogP contribution >= 0.6 is 0 Å². The Bertz CT molecular complexity index is 587. The molecule has 21 heavy (non-hydrogen) atoms. The number of hydrogen-bond donors (Lipinski definition) is 1. The SMILES string of the molecule is COc1ccc(C(C)(CN)Cc2ccccn2)cc1OC. The quantitative estimate of drug-likeness (QED) is 0.886. The molecule has 0 saturated heterocycles. The first-order valence-electron chi connectivity index (χ1n) is 6.95. The predicted octanol–water partition coefficient (Wildman–Crippen LogP) is 2.56. The molecular formula is C17H22N2O2. The highest BCUT2D eigenvalue weighted by Crippen LogP contribution is 2.34. The largest absolute Gasteiger partial charge is 0.493 e. The highest BCUT2D eigenvalue weighted by molar-refractivity contribution is 5.45. The Kier molecular flexibility index (Phi) is 4.81. The number of hydrogen-bond acceptors (Lipinski definition) is 4. The van der Waals surface area contributed by atoms with Gasteiger partial charge in [-0.25, -0.2) is 0 Å². The summed E-state index contributed by atoms with van der Waals surface area (Å²) in [6, 6.07) is 11.9. The van der Waals surface area contributed by atoms with Gasteiger partial charge in [-0.05, 0) is 29.8 Å². The van der Waals surface area contributed by atoms with Crippen molar-refractivity contribution in [3.63, 3.8) is 0 Å². The lowest BCUT2D eigenvalue weighted by molar-refractivity contribution is 0.352. The summed E-state index contributed by atoms with van der Waals surface area (Å²) >= 11 is 0. The summed E-state index contributed by atoms with van der Waals surface area (Å²) in [6.45, 7) is 2.67. The molecule has 1 aromatic heterocycles. The Morgan fingerprint density at radius 1 is 1.10 bits per heavy atom. The van der Waals surface area contributed by atoms with Crippen LogP contribution in [0.3, 0.4) is 0 Å². The van der Waals surface area contributed by atoms with Gasteiger partial charge in [-0.1, -0.05) is 19.1 Å². The average molecular weight is 286 g/mol. The molecule has 2 aromatic rings. The van der Waals surface area contributed by atoms with Crippen LogP contribution in [0.4, 0.5) is 0 Å². The summed E-state index contributed by atoms with van der Waals surface area (Å²) in [5, 5.41) is 0. The van der Waals surface area contributed by atoms with E-state index >= 15 is 0 Å². The van der Waals surface area contributed by atoms with E-state index in [2.05, 4.69) is 11.9 Å². The van der Waals surface area contributed by atoms with Gasteiger partial charge < -0.3 is 15.2 Å². The van der Waals surface area contributed by atoms with E-state index in [4.69, 9.17) is 15.2 Å². The van der Waals surface area contributed by atoms with Gasteiger partial charge in [-0.2, -0.15) is 0 Å². The molecule has 0 saturated carbocycles. The van der Waals surface area contributed by atoms with Crippen molar-refractivity contribution in [2.75, 3.05) is 20.8 Å². The van der Waals surface area contributed by atoms with E-state index in [0.717, 1.165) is 29.2 Å². The van der Waals surface area contributed by atoms with Crippen LogP contribution in [0, 0.1) is 0 Å². The number of nitrogens with two attached hydrogens (primary N) is 1. The first kappa shape index (κ1) is 15.3. The zero-order valence-electron chi connectivity index (χ0n) is 12.8. The zero-order valence-corrected chi connectivity index (χ0v) is 12.8. The molecule has 4 nitrogen and oxygen atoms in total. The third-order valence-corrected chi connectivity index (χ3v) is 3.83. The molecule has 0 aliphatic heterocycles. The minimum absolute atomic E-state index is 0.200. The van der Waals surface area contributed by atoms with Crippen molar-refractivity contribution in [3.05, 3.63) is 53.9 Å². The highest BCUT2D eigenvalue weighted by Gasteiger charge is 2.27. The van der Waals surface area contributed by atoms with Crippen molar-refractivity contribution < 1.29 is 9.47 Å². The number of nitrogens with zero attached hydrogens (tertiary/aromatic N) is 1. The van der Waals surface area contributed by atoms with Crippen molar-refractivity contribution in [3.8, 4) is 11.5 Å². The first-order chi connectivity index (χ1) is 10.1. The molecular weight excluding hydrogens is 264 g/mol. The highest BCUT2D eigenvalue weighted by atomic mass is 16.5. The molecule has 0 amide bonds. The maximum Gasteiger partial charge on any atom is 0.161 e. The van der Waals surface area contributed by atoms with Crippen molar-refractivity contribution in [1.82, 2.24) is 4.98 Å². The molecule has 0 aliphatic rings. The molecule has 112 valence electrons. The van der Waals surface area contributed by atoms with Gasteiger partial charge in [0.1, 0.15) is 0 Å². The molecule has 1 atom stereocenters. The monoisotopic (exact) mass is 286 g/mol. The summed E-state index contributed by atoms with van der Waals surface area (Å²) in [7, 11) is 3.27. The average Bonchev–Trinajstić information content (AvgIpc) is 2.54. The van der Waals surface area contributed by atoms with E-state index in [-0.39, 0.29) is 5.41 Å². The lowest BCUT2D eigenvalue weighted by Gasteiger charge is -2.29. The van der Waals surface area contributed by atoms with E-state index in [0.29, 0.717) is 6.54 Å². The lowest BCUT2D eigenvalue weighted by Crippen LogP contribution is -2.34. The summed E-state index contributed by atoms with van der Waals surface area (Å²) < 4.78 is 10.7. The third-order valence-electron chi connectivity index (χ3n) is 3.83. The van der Waals surface area contributed by atoms with Crippen molar-refractivity contribution >= 4 is 0 Å². The van der Waals surface area contributed by atoms with Gasteiger partial charge in [0.05, 0.1) is 14.2 Å². The first-order valence-corrected chi connectivity index (χ1v) is 6.95. The molecule has 2 N–H and O–H groups in total. The standard InChI is InChI=1S/C17H22N2O2/c1-17(12-18,11-14-6-4-5-9-19-14)13-7-8-15(20-2)16(10-13)21-3/h4-10H,11-12,18H2,1-3H3. The molecule has 0 spiro atoms. The fourth-order valence-corrected chi connectivity index (χ4v) is 2.41. The maximum atomic E-state index is 6.05. The van der Waals surface area contributed by atoms with Gasteiger partial charge in [-0.3, -0.25) is 4.98 Å². The second-order valence-electron chi connectivity index (χ2n) is 5.33. The van der Waals surface area contributed by atoms with E-state index in [1.807, 2.05) is 36.4 Å². The van der Waals surface area contributed by atoms with Crippen molar-refractivity contribution in [2.45, 2.75) is 18.8 Å². The van der Waals surface area contributed by atoms with Gasteiger partial charge in [0, 0.05) is 30.3 Å². The van der Waals surface area contributed by atoms with E-state index < -0.39 is 0 Å². The molecule has 0 radical (unpaired) electrons. The van der Waals surface area contributed by atoms with Crippen LogP contribution in [0.25, 0.3) is 0 Å². The number of pyridine rings is 1. The van der Waals surface area contributed by atoms with E-state index in [1.54, 1.807) is 20.4 Å². The Balaban J connectivity index is 2.35. The van der Waals surface area contributed by atoms with Crippen LogP contribution in [0.5, 0.6) is 11.5 Å². The second kappa shape index (κ2) is 6.59. The van der Waals surface area contributed by atoms with Crippen LogP contribution in [-0.2, 0) is 11.8 Å². The van der Waals surface area contributed by atoms with E-state index in [1.165, 1.54) is 0 Å². The number of rotatable bonds is 6. The fourth-order valence-electron chi connectivity index (χ4n) is 2.41. The smallest absolute Gasteiger partial charge is 0.161 e. The summed E-state index contributed by atoms with van der Waals surface area (Å²) in [6.07, 6.45) is 2.58. The van der Waals surface area contributed by atoms with Gasteiger partial charge in [0.25, 0.3) is 0 Å². The van der Waals surface area contributed by atoms with Crippen molar-refractivity contribution in [2.24, 2.45) is 5.73 Å². The molecule has 0 aliphatic carbocycles. The Labute approximate surface area is 125 Å². The molecule has 1 aromatic carbocycles. The number of aromatic nitrogens is 1. The minimum Gasteiger partial charge on any atom is -0.493 e. The third kappa shape index (κ3) is 3.34.